The third-order valence-corrected chi connectivity index (χ3v) is 5.46. The fourth-order valence-corrected chi connectivity index (χ4v) is 3.80. The molecule has 6 nitrogen and oxygen atoms in total. The van der Waals surface area contributed by atoms with E-state index in [1.807, 2.05) is 47.4 Å². The van der Waals surface area contributed by atoms with Crippen molar-refractivity contribution in [1.82, 2.24) is 25.0 Å². The number of benzene rings is 1. The van der Waals surface area contributed by atoms with Crippen LogP contribution < -0.4 is 5.32 Å². The first kappa shape index (κ1) is 19.8. The van der Waals surface area contributed by atoms with Crippen LogP contribution in [-0.2, 0) is 6.54 Å². The van der Waals surface area contributed by atoms with Crippen LogP contribution in [0.4, 0.5) is 0 Å². The van der Waals surface area contributed by atoms with Gasteiger partial charge in [0.25, 0.3) is 0 Å². The van der Waals surface area contributed by atoms with Crippen molar-refractivity contribution in [3.8, 4) is 16.9 Å². The van der Waals surface area contributed by atoms with Crippen molar-refractivity contribution in [3.05, 3.63) is 66.6 Å². The number of pyridine rings is 1. The summed E-state index contributed by atoms with van der Waals surface area (Å²) in [5, 5.41) is 18.0. The molecule has 3 aromatic rings. The molecule has 152 valence electrons. The van der Waals surface area contributed by atoms with Gasteiger partial charge in [0, 0.05) is 49.4 Å². The molecule has 1 aliphatic heterocycles. The number of aliphatic hydroxyl groups is 1. The van der Waals surface area contributed by atoms with Crippen molar-refractivity contribution in [2.45, 2.75) is 31.9 Å². The standard InChI is InChI=1S/C23H29N5O/c29-22-9-15-27(16-10-22)14-4-11-25-17-20-18-28(21-5-2-1-3-6-21)26-23(20)19-7-12-24-13-8-19/h1-3,5-8,12-13,18,22,25,29H,4,9-11,14-17H2. The number of nitrogens with zero attached hydrogens (tertiary/aromatic N) is 4. The molecule has 0 saturated carbocycles. The van der Waals surface area contributed by atoms with Gasteiger partial charge in [0.2, 0.25) is 0 Å². The van der Waals surface area contributed by atoms with Gasteiger partial charge in [0.1, 0.15) is 0 Å². The summed E-state index contributed by atoms with van der Waals surface area (Å²) < 4.78 is 1.95. The van der Waals surface area contributed by atoms with Crippen molar-refractivity contribution in [3.63, 3.8) is 0 Å². The van der Waals surface area contributed by atoms with E-state index in [0.29, 0.717) is 0 Å². The molecule has 2 aromatic heterocycles. The molecule has 4 rings (SSSR count). The average molecular weight is 392 g/mol. The Hall–Kier alpha value is -2.54. The van der Waals surface area contributed by atoms with Crippen LogP contribution >= 0.6 is 0 Å². The Balaban J connectivity index is 1.37. The number of likely N-dealkylation sites (tertiary alicyclic amines) is 1. The lowest BCUT2D eigenvalue weighted by molar-refractivity contribution is 0.0821. The number of hydrogen-bond acceptors (Lipinski definition) is 5. The molecule has 6 heteroatoms. The Morgan fingerprint density at radius 2 is 1.79 bits per heavy atom. The van der Waals surface area contributed by atoms with Crippen LogP contribution in [0.5, 0.6) is 0 Å². The van der Waals surface area contributed by atoms with Gasteiger partial charge >= 0.3 is 0 Å². The summed E-state index contributed by atoms with van der Waals surface area (Å²) >= 11 is 0. The third kappa shape index (κ3) is 5.29. The first-order chi connectivity index (χ1) is 14.3. The fourth-order valence-electron chi connectivity index (χ4n) is 3.80. The zero-order valence-electron chi connectivity index (χ0n) is 16.7. The molecule has 0 spiro atoms. The van der Waals surface area contributed by atoms with Gasteiger partial charge in [-0.2, -0.15) is 5.10 Å². The molecule has 0 unspecified atom stereocenters. The minimum atomic E-state index is -0.0999. The van der Waals surface area contributed by atoms with E-state index in [0.717, 1.165) is 68.9 Å². The quantitative estimate of drug-likeness (QED) is 0.578. The molecular weight excluding hydrogens is 362 g/mol. The average Bonchev–Trinajstić information content (AvgIpc) is 3.20. The van der Waals surface area contributed by atoms with Gasteiger partial charge in [-0.15, -0.1) is 0 Å². The molecule has 0 radical (unpaired) electrons. The molecule has 1 saturated heterocycles. The van der Waals surface area contributed by atoms with Crippen molar-refractivity contribution < 1.29 is 5.11 Å². The molecule has 29 heavy (non-hydrogen) atoms. The molecule has 0 aliphatic carbocycles. The number of hydrogen-bond donors (Lipinski definition) is 2. The highest BCUT2D eigenvalue weighted by molar-refractivity contribution is 5.62. The fraction of sp³-hybridized carbons (Fsp3) is 0.391. The van der Waals surface area contributed by atoms with E-state index in [1.54, 1.807) is 0 Å². The summed E-state index contributed by atoms with van der Waals surface area (Å²) in [4.78, 5) is 6.58. The normalized spacial score (nSPS) is 15.6. The first-order valence-electron chi connectivity index (χ1n) is 10.4. The molecule has 3 heterocycles. The zero-order chi connectivity index (χ0) is 19.9. The Kier molecular flexibility index (Phi) is 6.67. The van der Waals surface area contributed by atoms with Crippen LogP contribution in [0.25, 0.3) is 16.9 Å². The summed E-state index contributed by atoms with van der Waals surface area (Å²) in [6, 6.07) is 14.2. The van der Waals surface area contributed by atoms with Crippen molar-refractivity contribution in [1.29, 1.82) is 0 Å². The third-order valence-electron chi connectivity index (χ3n) is 5.46. The van der Waals surface area contributed by atoms with E-state index < -0.39 is 0 Å². The maximum Gasteiger partial charge on any atom is 0.0973 e. The second-order valence-electron chi connectivity index (χ2n) is 7.62. The first-order valence-corrected chi connectivity index (χ1v) is 10.4. The second kappa shape index (κ2) is 9.78. The predicted molar refractivity (Wildman–Crippen MR) is 115 cm³/mol. The van der Waals surface area contributed by atoms with Crippen molar-refractivity contribution in [2.75, 3.05) is 26.2 Å². The lowest BCUT2D eigenvalue weighted by Crippen LogP contribution is -2.37. The van der Waals surface area contributed by atoms with Gasteiger partial charge in [-0.3, -0.25) is 4.98 Å². The summed E-state index contributed by atoms with van der Waals surface area (Å²) in [6.07, 6.45) is 8.55. The topological polar surface area (TPSA) is 66.2 Å². The van der Waals surface area contributed by atoms with Crippen LogP contribution in [-0.4, -0.2) is 57.1 Å². The molecule has 0 amide bonds. The highest BCUT2D eigenvalue weighted by Crippen LogP contribution is 2.23. The largest absolute Gasteiger partial charge is 0.393 e. The Morgan fingerprint density at radius 3 is 2.55 bits per heavy atom. The summed E-state index contributed by atoms with van der Waals surface area (Å²) in [6.45, 7) is 4.85. The minimum Gasteiger partial charge on any atom is -0.393 e. The van der Waals surface area contributed by atoms with Crippen molar-refractivity contribution in [2.24, 2.45) is 0 Å². The highest BCUT2D eigenvalue weighted by atomic mass is 16.3. The van der Waals surface area contributed by atoms with Crippen LogP contribution in [0.2, 0.25) is 0 Å². The van der Waals surface area contributed by atoms with E-state index in [9.17, 15) is 5.11 Å². The van der Waals surface area contributed by atoms with Gasteiger partial charge in [-0.25, -0.2) is 4.68 Å². The molecular formula is C23H29N5O. The highest BCUT2D eigenvalue weighted by Gasteiger charge is 2.16. The molecule has 2 N–H and O–H groups in total. The number of aliphatic hydroxyl groups excluding tert-OH is 1. The summed E-state index contributed by atoms with van der Waals surface area (Å²) in [7, 11) is 0. The second-order valence-corrected chi connectivity index (χ2v) is 7.62. The number of para-hydroxylation sites is 1. The van der Waals surface area contributed by atoms with E-state index in [2.05, 4.69) is 33.5 Å². The number of rotatable bonds is 8. The molecule has 1 fully saturated rings. The zero-order valence-corrected chi connectivity index (χ0v) is 16.7. The van der Waals surface area contributed by atoms with Crippen LogP contribution in [0.1, 0.15) is 24.8 Å². The van der Waals surface area contributed by atoms with E-state index in [-0.39, 0.29) is 6.10 Å². The van der Waals surface area contributed by atoms with Gasteiger partial charge < -0.3 is 15.3 Å². The minimum absolute atomic E-state index is 0.0999. The monoisotopic (exact) mass is 391 g/mol. The lowest BCUT2D eigenvalue weighted by Gasteiger charge is -2.29. The Bertz CT molecular complexity index is 873. The van der Waals surface area contributed by atoms with Gasteiger partial charge in [-0.1, -0.05) is 18.2 Å². The van der Waals surface area contributed by atoms with Crippen molar-refractivity contribution >= 4 is 0 Å². The van der Waals surface area contributed by atoms with E-state index >= 15 is 0 Å². The van der Waals surface area contributed by atoms with Gasteiger partial charge in [0.15, 0.2) is 0 Å². The summed E-state index contributed by atoms with van der Waals surface area (Å²) in [5.74, 6) is 0. The maximum atomic E-state index is 9.62. The van der Waals surface area contributed by atoms with E-state index in [4.69, 9.17) is 5.10 Å². The molecule has 0 bridgehead atoms. The number of piperidine rings is 1. The smallest absolute Gasteiger partial charge is 0.0973 e. The number of nitrogens with one attached hydrogen (secondary N) is 1. The van der Waals surface area contributed by atoms with Gasteiger partial charge in [-0.05, 0) is 56.6 Å². The van der Waals surface area contributed by atoms with E-state index in [1.165, 1.54) is 5.56 Å². The molecule has 1 aromatic carbocycles. The van der Waals surface area contributed by atoms with Crippen LogP contribution in [0.15, 0.2) is 61.1 Å². The molecule has 0 atom stereocenters. The Labute approximate surface area is 172 Å². The van der Waals surface area contributed by atoms with Crippen LogP contribution in [0, 0.1) is 0 Å². The summed E-state index contributed by atoms with van der Waals surface area (Å²) in [5.41, 5.74) is 4.31. The number of aromatic nitrogens is 3. The SMILES string of the molecule is OC1CCN(CCCNCc2cn(-c3ccccc3)nc2-c2ccncc2)CC1. The van der Waals surface area contributed by atoms with Gasteiger partial charge in [0.05, 0.1) is 17.5 Å². The van der Waals surface area contributed by atoms with Crippen LogP contribution in [0.3, 0.4) is 0 Å². The Morgan fingerprint density at radius 1 is 1.03 bits per heavy atom. The predicted octanol–water partition coefficient (Wildman–Crippen LogP) is 2.87. The maximum absolute atomic E-state index is 9.62. The molecule has 1 aliphatic rings. The lowest BCUT2D eigenvalue weighted by atomic mass is 10.1.